The van der Waals surface area contributed by atoms with Gasteiger partial charge in [-0.15, -0.1) is 0 Å². The second kappa shape index (κ2) is 5.62. The molecule has 1 aliphatic carbocycles. The van der Waals surface area contributed by atoms with Crippen LogP contribution in [0.25, 0.3) is 0 Å². The average Bonchev–Trinajstić information content (AvgIpc) is 3.26. The van der Waals surface area contributed by atoms with Gasteiger partial charge in [0.25, 0.3) is 0 Å². The molecule has 0 atom stereocenters. The molecule has 2 aliphatic rings. The van der Waals surface area contributed by atoms with E-state index in [0.717, 1.165) is 44.1 Å². The van der Waals surface area contributed by atoms with Crippen molar-refractivity contribution >= 4 is 0 Å². The predicted molar refractivity (Wildman–Crippen MR) is 80.6 cm³/mol. The summed E-state index contributed by atoms with van der Waals surface area (Å²) >= 11 is 0. The Morgan fingerprint density at radius 1 is 1.24 bits per heavy atom. The lowest BCUT2D eigenvalue weighted by atomic mass is 10.0. The van der Waals surface area contributed by atoms with Gasteiger partial charge in [-0.05, 0) is 18.4 Å². The topological polar surface area (TPSA) is 41.3 Å². The number of fused-ring (bicyclic) bond motifs is 1. The summed E-state index contributed by atoms with van der Waals surface area (Å²) < 4.78 is 5.52. The molecule has 0 radical (unpaired) electrons. The van der Waals surface area contributed by atoms with Crippen molar-refractivity contribution in [3.63, 3.8) is 0 Å². The Morgan fingerprint density at radius 2 is 2.10 bits per heavy atom. The third-order valence-electron chi connectivity index (χ3n) is 4.37. The molecule has 1 fully saturated rings. The van der Waals surface area contributed by atoms with Crippen LogP contribution in [0.5, 0.6) is 0 Å². The quantitative estimate of drug-likeness (QED) is 0.915. The minimum absolute atomic E-state index is 0.710. The molecule has 110 valence electrons. The van der Waals surface area contributed by atoms with Crippen LogP contribution in [-0.2, 0) is 26.1 Å². The summed E-state index contributed by atoms with van der Waals surface area (Å²) in [5.74, 6) is 1.09. The summed E-state index contributed by atoms with van der Waals surface area (Å²) in [5, 5.41) is 7.81. The molecule has 2 aromatic rings. The molecule has 1 aromatic heterocycles. The molecule has 2 heterocycles. The third-order valence-corrected chi connectivity index (χ3v) is 4.37. The maximum Gasteiger partial charge on any atom is 0.142 e. The minimum Gasteiger partial charge on any atom is -0.361 e. The maximum absolute atomic E-state index is 5.52. The van der Waals surface area contributed by atoms with Crippen molar-refractivity contribution in [2.75, 3.05) is 6.54 Å². The molecule has 21 heavy (non-hydrogen) atoms. The van der Waals surface area contributed by atoms with E-state index >= 15 is 0 Å². The number of rotatable bonds is 5. The molecule has 0 unspecified atom stereocenters. The Kier molecular flexibility index (Phi) is 3.49. The summed E-state index contributed by atoms with van der Waals surface area (Å²) in [6, 6.07) is 11.4. The second-order valence-electron chi connectivity index (χ2n) is 6.13. The van der Waals surface area contributed by atoms with Crippen molar-refractivity contribution in [1.29, 1.82) is 0 Å². The largest absolute Gasteiger partial charge is 0.361 e. The van der Waals surface area contributed by atoms with Gasteiger partial charge in [-0.3, -0.25) is 4.90 Å². The smallest absolute Gasteiger partial charge is 0.142 e. The summed E-state index contributed by atoms with van der Waals surface area (Å²) in [5.41, 5.74) is 3.79. The third kappa shape index (κ3) is 3.01. The Bertz CT molecular complexity index is 604. The maximum atomic E-state index is 5.52. The van der Waals surface area contributed by atoms with Crippen molar-refractivity contribution in [3.05, 3.63) is 52.9 Å². The van der Waals surface area contributed by atoms with Crippen LogP contribution in [0.3, 0.4) is 0 Å². The molecule has 1 saturated carbocycles. The molecule has 4 nitrogen and oxygen atoms in total. The van der Waals surface area contributed by atoms with E-state index in [4.69, 9.17) is 4.52 Å². The highest BCUT2D eigenvalue weighted by molar-refractivity contribution is 5.26. The summed E-state index contributed by atoms with van der Waals surface area (Å²) in [6.45, 7) is 3.85. The Hall–Kier alpha value is -1.65. The van der Waals surface area contributed by atoms with Crippen molar-refractivity contribution < 1.29 is 4.52 Å². The van der Waals surface area contributed by atoms with Crippen LogP contribution in [0, 0.1) is 0 Å². The molecule has 4 heteroatoms. The zero-order valence-electron chi connectivity index (χ0n) is 12.2. The minimum atomic E-state index is 0.710. The van der Waals surface area contributed by atoms with Crippen molar-refractivity contribution in [2.24, 2.45) is 0 Å². The fourth-order valence-electron chi connectivity index (χ4n) is 2.96. The van der Waals surface area contributed by atoms with E-state index in [1.807, 2.05) is 0 Å². The van der Waals surface area contributed by atoms with Gasteiger partial charge in [-0.1, -0.05) is 35.5 Å². The predicted octanol–water partition coefficient (Wildman–Crippen LogP) is 2.48. The van der Waals surface area contributed by atoms with Gasteiger partial charge in [0, 0.05) is 44.2 Å². The molecule has 1 aromatic carbocycles. The standard InChI is InChI=1S/C17H21N3O/c1-2-4-13(5-3-1)11-20-9-8-17-15(12-20)16(19-21-17)10-18-14-6-7-14/h1-5,14,18H,6-12H2. The SMILES string of the molecule is c1ccc(CN2CCc3onc(CNC4CC4)c3C2)cc1. The first-order valence-electron chi connectivity index (χ1n) is 7.84. The molecular formula is C17H21N3O. The lowest BCUT2D eigenvalue weighted by Crippen LogP contribution is -2.30. The van der Waals surface area contributed by atoms with Crippen molar-refractivity contribution in [2.45, 2.75) is 44.9 Å². The highest BCUT2D eigenvalue weighted by Gasteiger charge is 2.26. The summed E-state index contributed by atoms with van der Waals surface area (Å²) in [6.07, 6.45) is 3.58. The highest BCUT2D eigenvalue weighted by Crippen LogP contribution is 2.25. The number of nitrogens with zero attached hydrogens (tertiary/aromatic N) is 2. The average molecular weight is 283 g/mol. The van der Waals surface area contributed by atoms with Crippen LogP contribution in [0.1, 0.15) is 35.4 Å². The number of nitrogens with one attached hydrogen (secondary N) is 1. The van der Waals surface area contributed by atoms with Gasteiger partial charge in [-0.25, -0.2) is 0 Å². The van der Waals surface area contributed by atoms with Gasteiger partial charge < -0.3 is 9.84 Å². The summed E-state index contributed by atoms with van der Waals surface area (Å²) in [7, 11) is 0. The normalized spacial score (nSPS) is 18.7. The van der Waals surface area contributed by atoms with Crippen LogP contribution in [0.4, 0.5) is 0 Å². The molecule has 0 bridgehead atoms. The molecule has 0 amide bonds. The monoisotopic (exact) mass is 283 g/mol. The van der Waals surface area contributed by atoms with E-state index in [2.05, 4.69) is 45.7 Å². The lowest BCUT2D eigenvalue weighted by Gasteiger charge is -2.26. The van der Waals surface area contributed by atoms with E-state index in [1.165, 1.54) is 24.0 Å². The lowest BCUT2D eigenvalue weighted by molar-refractivity contribution is 0.228. The van der Waals surface area contributed by atoms with Crippen LogP contribution in [0.15, 0.2) is 34.9 Å². The van der Waals surface area contributed by atoms with E-state index in [1.54, 1.807) is 0 Å². The number of hydrogen-bond acceptors (Lipinski definition) is 4. The Balaban J connectivity index is 1.44. The first-order valence-corrected chi connectivity index (χ1v) is 7.84. The van der Waals surface area contributed by atoms with Gasteiger partial charge in [0.2, 0.25) is 0 Å². The Labute approximate surface area is 125 Å². The number of benzene rings is 1. The Morgan fingerprint density at radius 3 is 2.90 bits per heavy atom. The van der Waals surface area contributed by atoms with Gasteiger partial charge in [-0.2, -0.15) is 0 Å². The molecule has 4 rings (SSSR count). The van der Waals surface area contributed by atoms with Gasteiger partial charge in [0.15, 0.2) is 0 Å². The van der Waals surface area contributed by atoms with Crippen molar-refractivity contribution in [1.82, 2.24) is 15.4 Å². The van der Waals surface area contributed by atoms with Crippen LogP contribution in [-0.4, -0.2) is 22.6 Å². The number of hydrogen-bond donors (Lipinski definition) is 1. The zero-order chi connectivity index (χ0) is 14.1. The van der Waals surface area contributed by atoms with E-state index in [9.17, 15) is 0 Å². The first-order chi connectivity index (χ1) is 10.4. The van der Waals surface area contributed by atoms with Gasteiger partial charge in [0.05, 0.1) is 0 Å². The molecule has 0 saturated heterocycles. The van der Waals surface area contributed by atoms with Gasteiger partial charge in [0.1, 0.15) is 11.5 Å². The van der Waals surface area contributed by atoms with Crippen LogP contribution in [0.2, 0.25) is 0 Å². The molecule has 0 spiro atoms. The molecule has 1 N–H and O–H groups in total. The summed E-state index contributed by atoms with van der Waals surface area (Å²) in [4.78, 5) is 2.48. The number of aromatic nitrogens is 1. The zero-order valence-corrected chi connectivity index (χ0v) is 12.2. The fourth-order valence-corrected chi connectivity index (χ4v) is 2.96. The fraction of sp³-hybridized carbons (Fsp3) is 0.471. The van der Waals surface area contributed by atoms with Crippen LogP contribution >= 0.6 is 0 Å². The van der Waals surface area contributed by atoms with Crippen molar-refractivity contribution in [3.8, 4) is 0 Å². The van der Waals surface area contributed by atoms with Crippen LogP contribution < -0.4 is 5.32 Å². The first kappa shape index (κ1) is 13.0. The van der Waals surface area contributed by atoms with E-state index in [-0.39, 0.29) is 0 Å². The molecule has 1 aliphatic heterocycles. The van der Waals surface area contributed by atoms with E-state index < -0.39 is 0 Å². The van der Waals surface area contributed by atoms with E-state index in [0.29, 0.717) is 6.04 Å². The highest BCUT2D eigenvalue weighted by atomic mass is 16.5. The molecular weight excluding hydrogens is 262 g/mol. The second-order valence-corrected chi connectivity index (χ2v) is 6.13. The van der Waals surface area contributed by atoms with Gasteiger partial charge >= 0.3 is 0 Å².